The standard InChI is InChI=1S/C31H35Si.3ClH.Ti/c1-21-17-22(2)19-29(18-21)32(28-14-10-9-11-15-28,30-16-12-13-23(3)26(30)6)31(8)20-24(4)25(5)27(31)7;;;;/h9-19H,1-8H3;3*1H;/q-1;;;;+4/p-3. The largest absolute Gasteiger partial charge is 4.00 e. The molecule has 4 rings (SSSR count). The normalized spacial score (nSPS) is 18.1. The Morgan fingerprint density at radius 2 is 1.22 bits per heavy atom. The van der Waals surface area contributed by atoms with Crippen molar-refractivity contribution in [3.63, 3.8) is 0 Å². The Kier molecular flexibility index (Phi) is 12.8. The Hall–Kier alpha value is -1.06. The summed E-state index contributed by atoms with van der Waals surface area (Å²) in [6.45, 7) is 18.4. The molecule has 3 aromatic carbocycles. The molecule has 0 radical (unpaired) electrons. The van der Waals surface area contributed by atoms with Crippen LogP contribution in [0.1, 0.15) is 49.9 Å². The Morgan fingerprint density at radius 3 is 1.72 bits per heavy atom. The van der Waals surface area contributed by atoms with Crippen molar-refractivity contribution in [2.24, 2.45) is 0 Å². The molecular formula is C31H35Cl3SiTi. The first-order chi connectivity index (χ1) is 15.1. The topological polar surface area (TPSA) is 0 Å². The SMILES string of the molecule is CC1=[C-]C(C)([Si](c2ccccc2)(c2cc(C)cc(C)c2)c2cccc(C)c2C)C(C)=C1C.[Cl-].[Cl-].[Cl-].[Ti+4]. The summed E-state index contributed by atoms with van der Waals surface area (Å²) < 4.78 is 0. The first kappa shape index (κ1) is 34.9. The molecule has 0 heterocycles. The third kappa shape index (κ3) is 5.39. The Bertz CT molecular complexity index is 1250. The Balaban J connectivity index is 0.00000306. The second kappa shape index (κ2) is 13.1. The quantitative estimate of drug-likeness (QED) is 0.176. The number of benzene rings is 3. The molecule has 0 aromatic heterocycles. The van der Waals surface area contributed by atoms with Crippen molar-refractivity contribution in [2.75, 3.05) is 0 Å². The zero-order valence-corrected chi connectivity index (χ0v) is 27.3. The van der Waals surface area contributed by atoms with Gasteiger partial charge in [-0.25, -0.2) is 5.57 Å². The summed E-state index contributed by atoms with van der Waals surface area (Å²) in [5.74, 6) is 0. The van der Waals surface area contributed by atoms with Crippen LogP contribution in [0.5, 0.6) is 0 Å². The van der Waals surface area contributed by atoms with Crippen molar-refractivity contribution in [1.82, 2.24) is 0 Å². The van der Waals surface area contributed by atoms with Crippen LogP contribution < -0.4 is 52.8 Å². The fraction of sp³-hybridized carbons (Fsp3) is 0.290. The summed E-state index contributed by atoms with van der Waals surface area (Å²) in [5, 5.41) is 4.26. The summed E-state index contributed by atoms with van der Waals surface area (Å²) in [7, 11) is -2.59. The number of hydrogen-bond donors (Lipinski definition) is 0. The van der Waals surface area contributed by atoms with Crippen LogP contribution in [0.3, 0.4) is 0 Å². The van der Waals surface area contributed by atoms with Crippen molar-refractivity contribution in [3.8, 4) is 0 Å². The van der Waals surface area contributed by atoms with E-state index >= 15 is 0 Å². The molecule has 1 aliphatic carbocycles. The second-order valence-corrected chi connectivity index (χ2v) is 14.1. The van der Waals surface area contributed by atoms with Gasteiger partial charge in [-0.2, -0.15) is 11.1 Å². The molecule has 0 bridgehead atoms. The molecule has 0 saturated carbocycles. The average molecular weight is 590 g/mol. The van der Waals surface area contributed by atoms with Crippen LogP contribution in [-0.4, -0.2) is 8.07 Å². The number of halogens is 3. The monoisotopic (exact) mass is 588 g/mol. The van der Waals surface area contributed by atoms with E-state index in [-0.39, 0.29) is 64.0 Å². The van der Waals surface area contributed by atoms with E-state index in [0.29, 0.717) is 0 Å². The van der Waals surface area contributed by atoms with Gasteiger partial charge in [-0.15, -0.1) is 6.92 Å². The minimum atomic E-state index is -2.59. The summed E-state index contributed by atoms with van der Waals surface area (Å²) in [6, 6.07) is 25.4. The Labute approximate surface area is 253 Å². The van der Waals surface area contributed by atoms with E-state index in [1.54, 1.807) is 0 Å². The van der Waals surface area contributed by atoms with Crippen molar-refractivity contribution in [2.45, 2.75) is 60.4 Å². The molecule has 2 atom stereocenters. The van der Waals surface area contributed by atoms with Gasteiger partial charge >= 0.3 is 21.7 Å². The zero-order chi connectivity index (χ0) is 23.3. The smallest absolute Gasteiger partial charge is 1.00 e. The number of rotatable bonds is 4. The number of hydrogen-bond acceptors (Lipinski definition) is 0. The first-order valence-corrected chi connectivity index (χ1v) is 13.6. The van der Waals surface area contributed by atoms with Crippen LogP contribution in [-0.2, 0) is 21.7 Å². The van der Waals surface area contributed by atoms with E-state index in [0.717, 1.165) is 0 Å². The third-order valence-electron chi connectivity index (χ3n) is 7.93. The van der Waals surface area contributed by atoms with Crippen LogP contribution >= 0.6 is 0 Å². The summed E-state index contributed by atoms with van der Waals surface area (Å²) >= 11 is 0. The second-order valence-electron chi connectivity index (χ2n) is 9.86. The van der Waals surface area contributed by atoms with Gasteiger partial charge in [0.05, 0.1) is 0 Å². The molecule has 0 aliphatic heterocycles. The molecule has 3 aromatic rings. The van der Waals surface area contributed by atoms with Gasteiger partial charge in [0.25, 0.3) is 0 Å². The molecule has 0 amide bonds. The van der Waals surface area contributed by atoms with E-state index in [1.165, 1.54) is 54.5 Å². The number of aryl methyl sites for hydroxylation is 3. The maximum Gasteiger partial charge on any atom is 4.00 e. The van der Waals surface area contributed by atoms with Gasteiger partial charge in [-0.1, -0.05) is 104 Å². The first-order valence-electron chi connectivity index (χ1n) is 11.6. The van der Waals surface area contributed by atoms with Crippen molar-refractivity contribution < 1.29 is 58.9 Å². The molecule has 2 unspecified atom stereocenters. The van der Waals surface area contributed by atoms with Gasteiger partial charge in [0.1, 0.15) is 8.07 Å². The molecule has 36 heavy (non-hydrogen) atoms. The molecule has 0 spiro atoms. The molecule has 1 aliphatic rings. The maximum absolute atomic E-state index is 4.06. The summed E-state index contributed by atoms with van der Waals surface area (Å²) in [5.41, 5.74) is 9.60. The predicted molar refractivity (Wildman–Crippen MR) is 142 cm³/mol. The van der Waals surface area contributed by atoms with Crippen molar-refractivity contribution in [1.29, 1.82) is 0 Å². The molecule has 188 valence electrons. The molecule has 0 saturated heterocycles. The van der Waals surface area contributed by atoms with E-state index < -0.39 is 8.07 Å². The zero-order valence-electron chi connectivity index (χ0n) is 22.5. The van der Waals surface area contributed by atoms with Crippen LogP contribution in [0.15, 0.2) is 83.4 Å². The average Bonchev–Trinajstić information content (AvgIpc) is 2.95. The van der Waals surface area contributed by atoms with Gasteiger partial charge in [-0.3, -0.25) is 6.08 Å². The molecule has 0 N–H and O–H groups in total. The van der Waals surface area contributed by atoms with E-state index in [1.807, 2.05) is 0 Å². The summed E-state index contributed by atoms with van der Waals surface area (Å²) in [6.07, 6.45) is 4.06. The molecule has 0 nitrogen and oxygen atoms in total. The minimum absolute atomic E-state index is 0. The molecular weight excluding hydrogens is 555 g/mol. The van der Waals surface area contributed by atoms with Gasteiger partial charge in [0.2, 0.25) is 0 Å². The van der Waals surface area contributed by atoms with Gasteiger partial charge in [-0.05, 0) is 54.4 Å². The molecule has 5 heteroatoms. The third-order valence-corrected chi connectivity index (χ3v) is 13.6. The number of allylic oxidation sites excluding steroid dienone is 4. The van der Waals surface area contributed by atoms with Crippen LogP contribution in [0.25, 0.3) is 0 Å². The van der Waals surface area contributed by atoms with Crippen molar-refractivity contribution in [3.05, 3.63) is 112 Å². The Morgan fingerprint density at radius 1 is 0.667 bits per heavy atom. The van der Waals surface area contributed by atoms with Gasteiger partial charge in [0, 0.05) is 0 Å². The summed E-state index contributed by atoms with van der Waals surface area (Å²) in [4.78, 5) is 0. The van der Waals surface area contributed by atoms with Gasteiger partial charge < -0.3 is 37.2 Å². The van der Waals surface area contributed by atoms with Crippen LogP contribution in [0.4, 0.5) is 0 Å². The predicted octanol–water partition coefficient (Wildman–Crippen LogP) is -2.74. The van der Waals surface area contributed by atoms with Crippen LogP contribution in [0.2, 0.25) is 5.04 Å². The minimum Gasteiger partial charge on any atom is -1.00 e. The van der Waals surface area contributed by atoms with Gasteiger partial charge in [0.15, 0.2) is 0 Å². The maximum atomic E-state index is 4.06. The fourth-order valence-corrected chi connectivity index (χ4v) is 12.4. The van der Waals surface area contributed by atoms with Crippen molar-refractivity contribution >= 4 is 23.6 Å². The van der Waals surface area contributed by atoms with E-state index in [9.17, 15) is 0 Å². The fourth-order valence-electron chi connectivity index (χ4n) is 5.95. The van der Waals surface area contributed by atoms with Crippen LogP contribution in [0, 0.1) is 33.8 Å². The van der Waals surface area contributed by atoms with E-state index in [4.69, 9.17) is 0 Å². The molecule has 0 fully saturated rings. The van der Waals surface area contributed by atoms with E-state index in [2.05, 4.69) is 128 Å².